The Labute approximate surface area is 104 Å². The molecule has 3 atom stereocenters. The molecule has 3 unspecified atom stereocenters. The van der Waals surface area contributed by atoms with E-state index in [0.717, 1.165) is 36.1 Å². The molecule has 0 amide bonds. The molecule has 1 aliphatic carbocycles. The summed E-state index contributed by atoms with van der Waals surface area (Å²) in [7, 11) is 1.92. The third kappa shape index (κ3) is 2.71. The zero-order valence-electron chi connectivity index (χ0n) is 11.3. The first-order chi connectivity index (χ1) is 7.97. The van der Waals surface area contributed by atoms with Gasteiger partial charge in [-0.3, -0.25) is 4.68 Å². The Morgan fingerprint density at radius 2 is 1.88 bits per heavy atom. The number of nitrogens with zero attached hydrogens (tertiary/aromatic N) is 2. The highest BCUT2D eigenvalue weighted by atomic mass is 16.3. The minimum absolute atomic E-state index is 0.355. The van der Waals surface area contributed by atoms with Crippen molar-refractivity contribution < 1.29 is 5.11 Å². The molecule has 0 radical (unpaired) electrons. The second kappa shape index (κ2) is 4.81. The molecule has 0 aromatic carbocycles. The van der Waals surface area contributed by atoms with Gasteiger partial charge in [0.2, 0.25) is 0 Å². The molecule has 0 aliphatic heterocycles. The van der Waals surface area contributed by atoms with Crippen molar-refractivity contribution in [2.24, 2.45) is 24.8 Å². The van der Waals surface area contributed by atoms with Gasteiger partial charge in [0.05, 0.1) is 17.5 Å². The van der Waals surface area contributed by atoms with Gasteiger partial charge in [-0.1, -0.05) is 13.8 Å². The van der Waals surface area contributed by atoms with Gasteiger partial charge >= 0.3 is 0 Å². The Morgan fingerprint density at radius 1 is 1.29 bits per heavy atom. The third-order valence-electron chi connectivity index (χ3n) is 4.00. The summed E-state index contributed by atoms with van der Waals surface area (Å²) < 4.78 is 1.82. The van der Waals surface area contributed by atoms with E-state index in [2.05, 4.69) is 18.9 Å². The van der Waals surface area contributed by atoms with Crippen LogP contribution in [0.2, 0.25) is 0 Å². The Hall–Kier alpha value is -0.830. The van der Waals surface area contributed by atoms with Crippen molar-refractivity contribution in [2.45, 2.75) is 46.1 Å². The van der Waals surface area contributed by atoms with Gasteiger partial charge in [-0.05, 0) is 50.0 Å². The van der Waals surface area contributed by atoms with E-state index in [9.17, 15) is 5.11 Å². The Bertz CT molecular complexity index is 376. The number of hydrogen-bond donors (Lipinski definition) is 1. The van der Waals surface area contributed by atoms with Crippen molar-refractivity contribution in [1.29, 1.82) is 0 Å². The zero-order valence-corrected chi connectivity index (χ0v) is 11.3. The van der Waals surface area contributed by atoms with Crippen LogP contribution in [0.3, 0.4) is 0 Å². The fourth-order valence-electron chi connectivity index (χ4n) is 3.42. The molecule has 1 saturated carbocycles. The van der Waals surface area contributed by atoms with Gasteiger partial charge < -0.3 is 5.11 Å². The first kappa shape index (κ1) is 12.6. The number of hydrogen-bond acceptors (Lipinski definition) is 2. The lowest BCUT2D eigenvalue weighted by atomic mass is 9.74. The standard InChI is InChI=1S/C14H24N2O/c1-9-5-10(2)7-12(6-9)14(17)13-8-11(3)15-16(13)4/h8-10,12,14,17H,5-7H2,1-4H3. The highest BCUT2D eigenvalue weighted by Gasteiger charge is 2.31. The van der Waals surface area contributed by atoms with E-state index in [4.69, 9.17) is 0 Å². The number of rotatable bonds is 2. The van der Waals surface area contributed by atoms with Crippen molar-refractivity contribution in [3.8, 4) is 0 Å². The van der Waals surface area contributed by atoms with Gasteiger partial charge in [-0.2, -0.15) is 5.10 Å². The summed E-state index contributed by atoms with van der Waals surface area (Å²) in [6.45, 7) is 6.57. The molecule has 0 spiro atoms. The summed E-state index contributed by atoms with van der Waals surface area (Å²) in [5.74, 6) is 1.85. The van der Waals surface area contributed by atoms with Gasteiger partial charge in [0, 0.05) is 7.05 Å². The summed E-state index contributed by atoms with van der Waals surface area (Å²) in [5.41, 5.74) is 1.95. The second-order valence-corrected chi connectivity index (χ2v) is 5.96. The lowest BCUT2D eigenvalue weighted by Crippen LogP contribution is -2.25. The lowest BCUT2D eigenvalue weighted by Gasteiger charge is -2.34. The van der Waals surface area contributed by atoms with Crippen LogP contribution < -0.4 is 0 Å². The topological polar surface area (TPSA) is 38.0 Å². The van der Waals surface area contributed by atoms with Crippen LogP contribution >= 0.6 is 0 Å². The first-order valence-electron chi connectivity index (χ1n) is 6.66. The molecule has 1 aliphatic rings. The van der Waals surface area contributed by atoms with Crippen LogP contribution in [0, 0.1) is 24.7 Å². The van der Waals surface area contributed by atoms with Gasteiger partial charge in [0.1, 0.15) is 0 Å². The van der Waals surface area contributed by atoms with E-state index in [1.54, 1.807) is 0 Å². The van der Waals surface area contributed by atoms with Crippen molar-refractivity contribution in [3.05, 3.63) is 17.5 Å². The van der Waals surface area contributed by atoms with E-state index in [0.29, 0.717) is 5.92 Å². The molecule has 0 saturated heterocycles. The first-order valence-corrected chi connectivity index (χ1v) is 6.66. The Morgan fingerprint density at radius 3 is 2.35 bits per heavy atom. The third-order valence-corrected chi connectivity index (χ3v) is 4.00. The summed E-state index contributed by atoms with van der Waals surface area (Å²) >= 11 is 0. The quantitative estimate of drug-likeness (QED) is 0.857. The summed E-state index contributed by atoms with van der Waals surface area (Å²) in [4.78, 5) is 0. The lowest BCUT2D eigenvalue weighted by molar-refractivity contribution is 0.0495. The molecule has 2 rings (SSSR count). The maximum absolute atomic E-state index is 10.5. The maximum Gasteiger partial charge on any atom is 0.0984 e. The number of aromatic nitrogens is 2. The fraction of sp³-hybridized carbons (Fsp3) is 0.786. The number of aryl methyl sites for hydroxylation is 2. The summed E-state index contributed by atoms with van der Waals surface area (Å²) in [6, 6.07) is 2.01. The molecule has 3 nitrogen and oxygen atoms in total. The van der Waals surface area contributed by atoms with Crippen LogP contribution in [0.5, 0.6) is 0 Å². The monoisotopic (exact) mass is 236 g/mol. The summed E-state index contributed by atoms with van der Waals surface area (Å²) in [6.07, 6.45) is 3.21. The van der Waals surface area contributed by atoms with Gasteiger partial charge in [-0.15, -0.1) is 0 Å². The van der Waals surface area contributed by atoms with Crippen LogP contribution in [-0.2, 0) is 7.05 Å². The zero-order chi connectivity index (χ0) is 12.6. The summed E-state index contributed by atoms with van der Waals surface area (Å²) in [5, 5.41) is 14.8. The Balaban J connectivity index is 2.14. The Kier molecular flexibility index (Phi) is 3.57. The molecule has 96 valence electrons. The van der Waals surface area contributed by atoms with Crippen LogP contribution in [0.4, 0.5) is 0 Å². The van der Waals surface area contributed by atoms with E-state index < -0.39 is 0 Å². The molecule has 1 fully saturated rings. The van der Waals surface area contributed by atoms with Crippen LogP contribution in [0.1, 0.15) is 50.6 Å². The smallest absolute Gasteiger partial charge is 0.0984 e. The van der Waals surface area contributed by atoms with Gasteiger partial charge in [0.25, 0.3) is 0 Å². The highest BCUT2D eigenvalue weighted by molar-refractivity contribution is 5.12. The predicted octanol–water partition coefficient (Wildman–Crippen LogP) is 2.83. The molecule has 17 heavy (non-hydrogen) atoms. The van der Waals surface area contributed by atoms with E-state index in [-0.39, 0.29) is 6.10 Å². The van der Waals surface area contributed by atoms with Crippen LogP contribution in [0.25, 0.3) is 0 Å². The van der Waals surface area contributed by atoms with Crippen molar-refractivity contribution in [1.82, 2.24) is 9.78 Å². The largest absolute Gasteiger partial charge is 0.387 e. The second-order valence-electron chi connectivity index (χ2n) is 5.96. The number of aliphatic hydroxyl groups excluding tert-OH is 1. The SMILES string of the molecule is Cc1cc(C(O)C2CC(C)CC(C)C2)n(C)n1. The minimum Gasteiger partial charge on any atom is -0.387 e. The predicted molar refractivity (Wildman–Crippen MR) is 68.6 cm³/mol. The van der Waals surface area contributed by atoms with E-state index in [1.807, 2.05) is 24.7 Å². The van der Waals surface area contributed by atoms with Crippen molar-refractivity contribution in [2.75, 3.05) is 0 Å². The van der Waals surface area contributed by atoms with Gasteiger partial charge in [0.15, 0.2) is 0 Å². The average Bonchev–Trinajstić information content (AvgIpc) is 2.55. The molecular weight excluding hydrogens is 212 g/mol. The number of aliphatic hydroxyl groups is 1. The molecule has 3 heteroatoms. The molecular formula is C14H24N2O. The minimum atomic E-state index is -0.355. The normalized spacial score (nSPS) is 31.5. The highest BCUT2D eigenvalue weighted by Crippen LogP contribution is 2.39. The van der Waals surface area contributed by atoms with Crippen molar-refractivity contribution >= 4 is 0 Å². The van der Waals surface area contributed by atoms with Crippen LogP contribution in [0.15, 0.2) is 6.07 Å². The fourth-order valence-corrected chi connectivity index (χ4v) is 3.42. The molecule has 1 aromatic heterocycles. The van der Waals surface area contributed by atoms with Gasteiger partial charge in [-0.25, -0.2) is 0 Å². The maximum atomic E-state index is 10.5. The molecule has 1 N–H and O–H groups in total. The molecule has 0 bridgehead atoms. The van der Waals surface area contributed by atoms with Crippen LogP contribution in [-0.4, -0.2) is 14.9 Å². The van der Waals surface area contributed by atoms with Crippen molar-refractivity contribution in [3.63, 3.8) is 0 Å². The molecule has 1 heterocycles. The average molecular weight is 236 g/mol. The molecule has 1 aromatic rings. The van der Waals surface area contributed by atoms with E-state index in [1.165, 1.54) is 6.42 Å². The van der Waals surface area contributed by atoms with E-state index >= 15 is 0 Å².